The normalized spacial score (nSPS) is 12.5. The molecule has 0 aliphatic heterocycles. The summed E-state index contributed by atoms with van der Waals surface area (Å²) in [6, 6.07) is 8.61. The fourth-order valence-electron chi connectivity index (χ4n) is 2.73. The summed E-state index contributed by atoms with van der Waals surface area (Å²) in [4.78, 5) is 12.5. The molecule has 0 heterocycles. The van der Waals surface area contributed by atoms with Crippen LogP contribution >= 0.6 is 0 Å². The summed E-state index contributed by atoms with van der Waals surface area (Å²) in [5.41, 5.74) is 0.657. The second kappa shape index (κ2) is 9.21. The number of carbonyl (C=O) groups excluding carboxylic acids is 1. The Balaban J connectivity index is 2.12. The van der Waals surface area contributed by atoms with Crippen LogP contribution < -0.4 is 14.4 Å². The van der Waals surface area contributed by atoms with E-state index in [2.05, 4.69) is 5.32 Å². The smallest absolute Gasteiger partial charge is 0.243 e. The topological polar surface area (TPSA) is 75.7 Å². The maximum atomic E-state index is 13.6. The lowest BCUT2D eigenvalue weighted by atomic mass is 10.2. The average molecular weight is 426 g/mol. The van der Waals surface area contributed by atoms with E-state index in [0.717, 1.165) is 34.3 Å². The Labute approximate surface area is 169 Å². The Hall–Kier alpha value is -2.68. The van der Waals surface area contributed by atoms with Crippen LogP contribution in [0.2, 0.25) is 0 Å². The van der Waals surface area contributed by atoms with Crippen molar-refractivity contribution in [3.05, 3.63) is 59.7 Å². The zero-order valence-electron chi connectivity index (χ0n) is 16.6. The van der Waals surface area contributed by atoms with Gasteiger partial charge < -0.3 is 10.1 Å². The minimum atomic E-state index is -3.93. The lowest BCUT2D eigenvalue weighted by molar-refractivity contribution is -0.122. The van der Waals surface area contributed by atoms with Crippen molar-refractivity contribution in [3.63, 3.8) is 0 Å². The van der Waals surface area contributed by atoms with Gasteiger partial charge in [-0.25, -0.2) is 17.2 Å². The van der Waals surface area contributed by atoms with Crippen molar-refractivity contribution in [2.45, 2.75) is 39.5 Å². The molecule has 6 nitrogen and oxygen atoms in total. The molecule has 2 aromatic rings. The molecule has 158 valence electrons. The fraction of sp³-hybridized carbons (Fsp3) is 0.350. The van der Waals surface area contributed by atoms with Gasteiger partial charge in [-0.2, -0.15) is 0 Å². The van der Waals surface area contributed by atoms with E-state index in [1.807, 2.05) is 13.8 Å². The molecule has 1 atom stereocenters. The van der Waals surface area contributed by atoms with Crippen LogP contribution in [0.25, 0.3) is 0 Å². The first-order chi connectivity index (χ1) is 13.5. The highest BCUT2D eigenvalue weighted by molar-refractivity contribution is 7.92. The van der Waals surface area contributed by atoms with E-state index in [0.29, 0.717) is 5.75 Å². The summed E-state index contributed by atoms with van der Waals surface area (Å²) in [6.07, 6.45) is 0.936. The van der Waals surface area contributed by atoms with E-state index < -0.39 is 33.6 Å². The molecule has 0 aliphatic carbocycles. The minimum absolute atomic E-state index is 0.0414. The Morgan fingerprint density at radius 1 is 1.07 bits per heavy atom. The number of nitrogens with one attached hydrogen (secondary N) is 1. The standard InChI is InChI=1S/C20H24F2N2O4S/c1-13(2)28-17-8-5-15(6-9-17)12-23-20(25)14(3)24(29(4,26)27)16-7-10-18(21)19(22)11-16/h5-11,13-14H,12H2,1-4H3,(H,23,25)/t14-/m0/s1. The van der Waals surface area contributed by atoms with Gasteiger partial charge in [0.15, 0.2) is 11.6 Å². The zero-order valence-corrected chi connectivity index (χ0v) is 17.5. The molecule has 2 aromatic carbocycles. The van der Waals surface area contributed by atoms with Crippen molar-refractivity contribution in [1.82, 2.24) is 5.32 Å². The summed E-state index contributed by atoms with van der Waals surface area (Å²) >= 11 is 0. The van der Waals surface area contributed by atoms with E-state index >= 15 is 0 Å². The van der Waals surface area contributed by atoms with E-state index in [4.69, 9.17) is 4.74 Å². The number of benzene rings is 2. The number of nitrogens with zero attached hydrogens (tertiary/aromatic N) is 1. The predicted molar refractivity (Wildman–Crippen MR) is 107 cm³/mol. The number of amides is 1. The molecule has 9 heteroatoms. The molecule has 1 N–H and O–H groups in total. The van der Waals surface area contributed by atoms with Crippen LogP contribution in [0.1, 0.15) is 26.3 Å². The van der Waals surface area contributed by atoms with Crippen LogP contribution in [-0.2, 0) is 21.4 Å². The van der Waals surface area contributed by atoms with Crippen LogP contribution in [0.3, 0.4) is 0 Å². The number of halogens is 2. The summed E-state index contributed by atoms with van der Waals surface area (Å²) in [5, 5.41) is 2.65. The summed E-state index contributed by atoms with van der Waals surface area (Å²) in [5.74, 6) is -2.19. The van der Waals surface area contributed by atoms with Crippen molar-refractivity contribution in [2.75, 3.05) is 10.6 Å². The van der Waals surface area contributed by atoms with Crippen molar-refractivity contribution in [3.8, 4) is 5.75 Å². The second-order valence-corrected chi connectivity index (χ2v) is 8.72. The van der Waals surface area contributed by atoms with Gasteiger partial charge in [0, 0.05) is 12.6 Å². The third-order valence-corrected chi connectivity index (χ3v) is 5.25. The first-order valence-corrected chi connectivity index (χ1v) is 10.8. The van der Waals surface area contributed by atoms with E-state index in [-0.39, 0.29) is 18.3 Å². The lowest BCUT2D eigenvalue weighted by Crippen LogP contribution is -2.47. The van der Waals surface area contributed by atoms with Gasteiger partial charge in [-0.15, -0.1) is 0 Å². The molecule has 29 heavy (non-hydrogen) atoms. The summed E-state index contributed by atoms with van der Waals surface area (Å²) < 4.78 is 57.4. The van der Waals surface area contributed by atoms with E-state index in [1.165, 1.54) is 6.92 Å². The molecule has 0 unspecified atom stereocenters. The molecule has 0 bridgehead atoms. The van der Waals surface area contributed by atoms with Crippen molar-refractivity contribution < 1.29 is 26.7 Å². The Bertz CT molecular complexity index is 963. The van der Waals surface area contributed by atoms with Crippen LogP contribution in [0, 0.1) is 11.6 Å². The number of carbonyl (C=O) groups is 1. The van der Waals surface area contributed by atoms with Gasteiger partial charge in [-0.05, 0) is 50.6 Å². The monoisotopic (exact) mass is 426 g/mol. The van der Waals surface area contributed by atoms with Crippen molar-refractivity contribution in [1.29, 1.82) is 0 Å². The second-order valence-electron chi connectivity index (χ2n) is 6.86. The predicted octanol–water partition coefficient (Wildman–Crippen LogP) is 3.22. The quantitative estimate of drug-likeness (QED) is 0.703. The molecular formula is C20H24F2N2O4S. The van der Waals surface area contributed by atoms with Gasteiger partial charge in [-0.3, -0.25) is 9.10 Å². The molecule has 0 saturated carbocycles. The molecule has 0 aromatic heterocycles. The van der Waals surface area contributed by atoms with Gasteiger partial charge in [0.05, 0.1) is 18.0 Å². The van der Waals surface area contributed by atoms with E-state index in [1.54, 1.807) is 24.3 Å². The third-order valence-electron chi connectivity index (χ3n) is 4.01. The molecule has 1 amide bonds. The first-order valence-electron chi connectivity index (χ1n) is 8.97. The number of sulfonamides is 1. The molecule has 0 spiro atoms. The number of anilines is 1. The molecule has 0 saturated heterocycles. The third kappa shape index (κ3) is 6.15. The largest absolute Gasteiger partial charge is 0.491 e. The maximum Gasteiger partial charge on any atom is 0.243 e. The van der Waals surface area contributed by atoms with Crippen LogP contribution in [0.4, 0.5) is 14.5 Å². The SMILES string of the molecule is CC(C)Oc1ccc(CNC(=O)[C@H](C)N(c2ccc(F)c(F)c2)S(C)(=O)=O)cc1. The molecule has 0 radical (unpaired) electrons. The van der Waals surface area contributed by atoms with Crippen LogP contribution in [0.5, 0.6) is 5.75 Å². The molecule has 0 aliphatic rings. The van der Waals surface area contributed by atoms with Crippen LogP contribution in [0.15, 0.2) is 42.5 Å². The summed E-state index contributed by atoms with van der Waals surface area (Å²) in [6.45, 7) is 5.36. The minimum Gasteiger partial charge on any atom is -0.491 e. The van der Waals surface area contributed by atoms with Crippen LogP contribution in [-0.4, -0.2) is 32.7 Å². The highest BCUT2D eigenvalue weighted by Crippen LogP contribution is 2.23. The number of rotatable bonds is 8. The Morgan fingerprint density at radius 3 is 2.21 bits per heavy atom. The van der Waals surface area contributed by atoms with Gasteiger partial charge in [0.1, 0.15) is 11.8 Å². The number of ether oxygens (including phenoxy) is 1. The molecule has 0 fully saturated rings. The Morgan fingerprint density at radius 2 is 1.69 bits per heavy atom. The average Bonchev–Trinajstić information content (AvgIpc) is 2.62. The summed E-state index contributed by atoms with van der Waals surface area (Å²) in [7, 11) is -3.93. The molecular weight excluding hydrogens is 402 g/mol. The molecule has 2 rings (SSSR count). The van der Waals surface area contributed by atoms with Gasteiger partial charge >= 0.3 is 0 Å². The maximum absolute atomic E-state index is 13.6. The van der Waals surface area contributed by atoms with Crippen molar-refractivity contribution in [2.24, 2.45) is 0 Å². The first kappa shape index (κ1) is 22.6. The van der Waals surface area contributed by atoms with Gasteiger partial charge in [0.2, 0.25) is 15.9 Å². The highest BCUT2D eigenvalue weighted by atomic mass is 32.2. The fourth-order valence-corrected chi connectivity index (χ4v) is 3.89. The number of hydrogen-bond acceptors (Lipinski definition) is 4. The van der Waals surface area contributed by atoms with Crippen molar-refractivity contribution >= 4 is 21.6 Å². The Kier molecular flexibility index (Phi) is 7.18. The number of hydrogen-bond donors (Lipinski definition) is 1. The highest BCUT2D eigenvalue weighted by Gasteiger charge is 2.29. The zero-order chi connectivity index (χ0) is 21.8. The van der Waals surface area contributed by atoms with Gasteiger partial charge in [-0.1, -0.05) is 12.1 Å². The van der Waals surface area contributed by atoms with Gasteiger partial charge in [0.25, 0.3) is 0 Å². The van der Waals surface area contributed by atoms with E-state index in [9.17, 15) is 22.0 Å². The lowest BCUT2D eigenvalue weighted by Gasteiger charge is -2.28.